The summed E-state index contributed by atoms with van der Waals surface area (Å²) in [6.07, 6.45) is 0.909. The Hall–Kier alpha value is -4.18. The van der Waals surface area contributed by atoms with E-state index in [2.05, 4.69) is 19.1 Å². The molecule has 0 aromatic heterocycles. The van der Waals surface area contributed by atoms with E-state index in [9.17, 15) is 20.4 Å². The first-order chi connectivity index (χ1) is 16.0. The number of fused-ring (bicyclic) bond motifs is 2. The van der Waals surface area contributed by atoms with E-state index < -0.39 is 5.92 Å². The standard InChI is InChI=1S/C29H24O4/c1-2-17-9-11-18(12-10-17)27(23-15-13-19-21(28(23)32)5-3-7-25(19)30)24-16-14-20-22(29(24)33)6-4-8-26(20)31/h3-16,27,30-33H,2H2,1H3. The van der Waals surface area contributed by atoms with Crippen molar-refractivity contribution >= 4 is 21.5 Å². The van der Waals surface area contributed by atoms with Crippen molar-refractivity contribution in [3.63, 3.8) is 0 Å². The normalized spacial score (nSPS) is 11.5. The molecule has 164 valence electrons. The molecule has 0 aliphatic rings. The van der Waals surface area contributed by atoms with Crippen LogP contribution in [0, 0.1) is 0 Å². The maximum Gasteiger partial charge on any atom is 0.127 e. The largest absolute Gasteiger partial charge is 0.507 e. The van der Waals surface area contributed by atoms with Crippen LogP contribution < -0.4 is 0 Å². The van der Waals surface area contributed by atoms with Crippen molar-refractivity contribution < 1.29 is 20.4 Å². The van der Waals surface area contributed by atoms with Crippen LogP contribution in [0.3, 0.4) is 0 Å². The Kier molecular flexibility index (Phi) is 5.06. The van der Waals surface area contributed by atoms with E-state index in [4.69, 9.17) is 0 Å². The van der Waals surface area contributed by atoms with Gasteiger partial charge in [-0.3, -0.25) is 0 Å². The summed E-state index contributed by atoms with van der Waals surface area (Å²) in [7, 11) is 0. The lowest BCUT2D eigenvalue weighted by Crippen LogP contribution is -2.05. The first-order valence-electron chi connectivity index (χ1n) is 11.0. The fraction of sp³-hybridized carbons (Fsp3) is 0.103. The van der Waals surface area contributed by atoms with Crippen LogP contribution in [0.4, 0.5) is 0 Å². The van der Waals surface area contributed by atoms with E-state index >= 15 is 0 Å². The first-order valence-corrected chi connectivity index (χ1v) is 11.0. The summed E-state index contributed by atoms with van der Waals surface area (Å²) < 4.78 is 0. The molecule has 0 saturated heterocycles. The molecule has 5 rings (SSSR count). The smallest absolute Gasteiger partial charge is 0.127 e. The summed E-state index contributed by atoms with van der Waals surface area (Å²) in [5.41, 5.74) is 3.34. The van der Waals surface area contributed by atoms with E-state index in [1.54, 1.807) is 60.7 Å². The molecule has 0 fully saturated rings. The maximum atomic E-state index is 11.3. The third-order valence-corrected chi connectivity index (χ3v) is 6.43. The maximum absolute atomic E-state index is 11.3. The average molecular weight is 437 g/mol. The van der Waals surface area contributed by atoms with Gasteiger partial charge in [-0.2, -0.15) is 0 Å². The van der Waals surface area contributed by atoms with Gasteiger partial charge < -0.3 is 20.4 Å². The average Bonchev–Trinajstić information content (AvgIpc) is 2.83. The van der Waals surface area contributed by atoms with Gasteiger partial charge in [-0.05, 0) is 29.7 Å². The monoisotopic (exact) mass is 436 g/mol. The van der Waals surface area contributed by atoms with E-state index in [1.165, 1.54) is 5.56 Å². The highest BCUT2D eigenvalue weighted by Gasteiger charge is 2.25. The highest BCUT2D eigenvalue weighted by molar-refractivity contribution is 5.96. The number of benzene rings is 5. The Bertz CT molecular complexity index is 1390. The number of hydrogen-bond donors (Lipinski definition) is 4. The third kappa shape index (κ3) is 3.40. The minimum absolute atomic E-state index is 0.0587. The zero-order valence-electron chi connectivity index (χ0n) is 18.2. The van der Waals surface area contributed by atoms with Crippen LogP contribution in [0.25, 0.3) is 21.5 Å². The number of hydrogen-bond acceptors (Lipinski definition) is 4. The summed E-state index contributed by atoms with van der Waals surface area (Å²) in [5.74, 6) is -0.148. The molecule has 0 saturated carbocycles. The van der Waals surface area contributed by atoms with Crippen molar-refractivity contribution in [1.82, 2.24) is 0 Å². The van der Waals surface area contributed by atoms with Gasteiger partial charge in [0.2, 0.25) is 0 Å². The molecule has 0 heterocycles. The van der Waals surface area contributed by atoms with Gasteiger partial charge in [0.1, 0.15) is 23.0 Å². The first kappa shape index (κ1) is 20.7. The quantitative estimate of drug-likeness (QED) is 0.241. The van der Waals surface area contributed by atoms with Crippen molar-refractivity contribution in [3.05, 3.63) is 107 Å². The zero-order chi connectivity index (χ0) is 23.1. The lowest BCUT2D eigenvalue weighted by molar-refractivity contribution is 0.463. The third-order valence-electron chi connectivity index (χ3n) is 6.43. The number of phenolic OH excluding ortho intramolecular Hbond substituents is 4. The second-order valence-electron chi connectivity index (χ2n) is 8.28. The summed E-state index contributed by atoms with van der Waals surface area (Å²) in [6.45, 7) is 2.09. The van der Waals surface area contributed by atoms with Gasteiger partial charge in [0.05, 0.1) is 0 Å². The number of phenols is 4. The molecule has 33 heavy (non-hydrogen) atoms. The Morgan fingerprint density at radius 1 is 0.545 bits per heavy atom. The number of aromatic hydroxyl groups is 4. The Morgan fingerprint density at radius 3 is 1.48 bits per heavy atom. The highest BCUT2D eigenvalue weighted by atomic mass is 16.3. The van der Waals surface area contributed by atoms with Crippen molar-refractivity contribution in [3.8, 4) is 23.0 Å². The SMILES string of the molecule is CCc1ccc(C(c2ccc3c(O)cccc3c2O)c2ccc3c(O)cccc3c2O)cc1. The van der Waals surface area contributed by atoms with Crippen LogP contribution in [-0.2, 0) is 6.42 Å². The predicted octanol–water partition coefficient (Wildman–Crippen LogP) is 6.56. The van der Waals surface area contributed by atoms with Gasteiger partial charge in [0, 0.05) is 38.6 Å². The van der Waals surface area contributed by atoms with Crippen LogP contribution in [0.2, 0.25) is 0 Å². The van der Waals surface area contributed by atoms with Crippen molar-refractivity contribution in [2.45, 2.75) is 19.3 Å². The molecule has 4 heteroatoms. The second kappa shape index (κ2) is 8.06. The number of aryl methyl sites for hydroxylation is 1. The molecule has 0 unspecified atom stereocenters. The molecule has 0 bridgehead atoms. The van der Waals surface area contributed by atoms with Crippen molar-refractivity contribution in [1.29, 1.82) is 0 Å². The Morgan fingerprint density at radius 2 is 1.03 bits per heavy atom. The van der Waals surface area contributed by atoms with Gasteiger partial charge in [0.15, 0.2) is 0 Å². The van der Waals surface area contributed by atoms with Crippen LogP contribution in [0.5, 0.6) is 23.0 Å². The molecule has 0 spiro atoms. The van der Waals surface area contributed by atoms with E-state index in [0.29, 0.717) is 32.7 Å². The fourth-order valence-electron chi connectivity index (χ4n) is 4.62. The summed E-state index contributed by atoms with van der Waals surface area (Å²) in [6, 6.07) is 25.4. The van der Waals surface area contributed by atoms with Crippen molar-refractivity contribution in [2.24, 2.45) is 0 Å². The van der Waals surface area contributed by atoms with Crippen LogP contribution in [0.1, 0.15) is 35.1 Å². The van der Waals surface area contributed by atoms with E-state index in [0.717, 1.165) is 12.0 Å². The van der Waals surface area contributed by atoms with E-state index in [1.807, 2.05) is 12.1 Å². The van der Waals surface area contributed by atoms with Gasteiger partial charge in [0.25, 0.3) is 0 Å². The lowest BCUT2D eigenvalue weighted by Gasteiger charge is -2.23. The zero-order valence-corrected chi connectivity index (χ0v) is 18.2. The molecule has 5 aromatic carbocycles. The second-order valence-corrected chi connectivity index (χ2v) is 8.28. The molecule has 4 nitrogen and oxygen atoms in total. The Balaban J connectivity index is 1.80. The lowest BCUT2D eigenvalue weighted by atomic mass is 9.82. The van der Waals surface area contributed by atoms with Gasteiger partial charge in [-0.25, -0.2) is 0 Å². The van der Waals surface area contributed by atoms with Gasteiger partial charge >= 0.3 is 0 Å². The van der Waals surface area contributed by atoms with Gasteiger partial charge in [-0.1, -0.05) is 79.7 Å². The van der Waals surface area contributed by atoms with Crippen molar-refractivity contribution in [2.75, 3.05) is 0 Å². The molecular formula is C29H24O4. The Labute approximate surface area is 191 Å². The van der Waals surface area contributed by atoms with Crippen LogP contribution in [-0.4, -0.2) is 20.4 Å². The van der Waals surface area contributed by atoms with Gasteiger partial charge in [-0.15, -0.1) is 0 Å². The molecule has 4 N–H and O–H groups in total. The van der Waals surface area contributed by atoms with Crippen LogP contribution in [0.15, 0.2) is 84.9 Å². The highest BCUT2D eigenvalue weighted by Crippen LogP contribution is 2.46. The summed E-state index contributed by atoms with van der Waals surface area (Å²) >= 11 is 0. The molecule has 0 atom stereocenters. The molecule has 0 amide bonds. The molecule has 0 aliphatic carbocycles. The molecule has 0 radical (unpaired) electrons. The molecule has 0 aliphatic heterocycles. The van der Waals surface area contributed by atoms with Crippen LogP contribution >= 0.6 is 0 Å². The topological polar surface area (TPSA) is 80.9 Å². The summed E-state index contributed by atoms with van der Waals surface area (Å²) in [4.78, 5) is 0. The fourth-order valence-corrected chi connectivity index (χ4v) is 4.62. The molecular weight excluding hydrogens is 412 g/mol. The number of rotatable bonds is 4. The predicted molar refractivity (Wildman–Crippen MR) is 131 cm³/mol. The minimum atomic E-state index is -0.464. The molecule has 5 aromatic rings. The summed E-state index contributed by atoms with van der Waals surface area (Å²) in [5, 5.41) is 45.2. The van der Waals surface area contributed by atoms with E-state index in [-0.39, 0.29) is 23.0 Å². The minimum Gasteiger partial charge on any atom is -0.507 e.